The van der Waals surface area contributed by atoms with Crippen molar-refractivity contribution in [2.75, 3.05) is 6.61 Å². The summed E-state index contributed by atoms with van der Waals surface area (Å²) >= 11 is 0. The zero-order valence-electron chi connectivity index (χ0n) is 9.53. The lowest BCUT2D eigenvalue weighted by Crippen LogP contribution is -2.59. The van der Waals surface area contributed by atoms with Crippen molar-refractivity contribution in [3.8, 4) is 5.75 Å². The molecule has 0 saturated heterocycles. The minimum atomic E-state index is -0.708. The maximum absolute atomic E-state index is 13.3. The molecule has 1 aliphatic rings. The summed E-state index contributed by atoms with van der Waals surface area (Å²) in [4.78, 5) is 0. The minimum absolute atomic E-state index is 0.0352. The van der Waals surface area contributed by atoms with E-state index in [2.05, 4.69) is 0 Å². The summed E-state index contributed by atoms with van der Waals surface area (Å²) in [5.41, 5.74) is 5.76. The zero-order valence-corrected chi connectivity index (χ0v) is 9.53. The molecule has 94 valence electrons. The summed E-state index contributed by atoms with van der Waals surface area (Å²) < 4.78 is 36.9. The Morgan fingerprint density at radius 1 is 1.41 bits per heavy atom. The van der Waals surface area contributed by atoms with Crippen molar-refractivity contribution in [1.82, 2.24) is 0 Å². The highest BCUT2D eigenvalue weighted by atomic mass is 19.1. The quantitative estimate of drug-likeness (QED) is 0.877. The molecule has 2 rings (SSSR count). The molecular weight excluding hydrogens is 228 g/mol. The molecule has 2 N–H and O–H groups in total. The van der Waals surface area contributed by atoms with Crippen LogP contribution >= 0.6 is 0 Å². The highest BCUT2D eigenvalue weighted by molar-refractivity contribution is 5.25. The van der Waals surface area contributed by atoms with Gasteiger partial charge in [0.2, 0.25) is 0 Å². The molecule has 0 amide bonds. The van der Waals surface area contributed by atoms with E-state index < -0.39 is 11.6 Å². The fourth-order valence-corrected chi connectivity index (χ4v) is 1.89. The summed E-state index contributed by atoms with van der Waals surface area (Å²) in [6, 6.07) is 3.15. The number of halogens is 2. The molecule has 3 unspecified atom stereocenters. The fourth-order valence-electron chi connectivity index (χ4n) is 1.89. The van der Waals surface area contributed by atoms with Gasteiger partial charge in [0.05, 0.1) is 0 Å². The van der Waals surface area contributed by atoms with E-state index in [-0.39, 0.29) is 24.0 Å². The molecule has 5 heteroatoms. The second-order valence-corrected chi connectivity index (χ2v) is 4.05. The summed E-state index contributed by atoms with van der Waals surface area (Å²) in [6.07, 6.45) is 0.135. The maximum Gasteiger partial charge on any atom is 0.167 e. The molecule has 0 radical (unpaired) electrons. The molecule has 1 saturated carbocycles. The lowest BCUT2D eigenvalue weighted by Gasteiger charge is -2.41. The largest absolute Gasteiger partial charge is 0.485 e. The Morgan fingerprint density at radius 2 is 2.18 bits per heavy atom. The van der Waals surface area contributed by atoms with Crippen molar-refractivity contribution < 1.29 is 18.3 Å². The Balaban J connectivity index is 2.01. The van der Waals surface area contributed by atoms with E-state index in [1.54, 1.807) is 0 Å². The minimum Gasteiger partial charge on any atom is -0.485 e. The summed E-state index contributed by atoms with van der Waals surface area (Å²) in [7, 11) is 0. The molecular formula is C12H15F2NO2. The first-order chi connectivity index (χ1) is 8.11. The highest BCUT2D eigenvalue weighted by Crippen LogP contribution is 2.29. The van der Waals surface area contributed by atoms with Gasteiger partial charge in [-0.05, 0) is 19.1 Å². The number of nitrogens with two attached hydrogens (primary N) is 1. The van der Waals surface area contributed by atoms with Crippen LogP contribution < -0.4 is 10.5 Å². The monoisotopic (exact) mass is 243 g/mol. The number of hydrogen-bond donors (Lipinski definition) is 1. The van der Waals surface area contributed by atoms with Crippen molar-refractivity contribution in [1.29, 1.82) is 0 Å². The molecule has 3 atom stereocenters. The van der Waals surface area contributed by atoms with Crippen LogP contribution in [0.4, 0.5) is 8.78 Å². The number of hydrogen-bond acceptors (Lipinski definition) is 3. The van der Waals surface area contributed by atoms with Crippen LogP contribution in [0.25, 0.3) is 0 Å². The Hall–Kier alpha value is -1.20. The zero-order chi connectivity index (χ0) is 12.4. The van der Waals surface area contributed by atoms with Gasteiger partial charge in [0.25, 0.3) is 0 Å². The van der Waals surface area contributed by atoms with Gasteiger partial charge >= 0.3 is 0 Å². The Labute approximate surface area is 98.5 Å². The van der Waals surface area contributed by atoms with E-state index in [4.69, 9.17) is 15.2 Å². The van der Waals surface area contributed by atoms with Gasteiger partial charge in [0.15, 0.2) is 11.6 Å². The molecule has 17 heavy (non-hydrogen) atoms. The molecule has 1 fully saturated rings. The predicted octanol–water partition coefficient (Wildman–Crippen LogP) is 1.85. The third-order valence-corrected chi connectivity index (χ3v) is 2.82. The lowest BCUT2D eigenvalue weighted by molar-refractivity contribution is -0.0955. The van der Waals surface area contributed by atoms with Gasteiger partial charge in [-0.3, -0.25) is 0 Å². The van der Waals surface area contributed by atoms with E-state index >= 15 is 0 Å². The molecule has 0 aromatic heterocycles. The molecule has 1 aromatic carbocycles. The second kappa shape index (κ2) is 4.98. The van der Waals surface area contributed by atoms with Gasteiger partial charge in [-0.25, -0.2) is 8.78 Å². The smallest absolute Gasteiger partial charge is 0.167 e. The first kappa shape index (κ1) is 12.3. The topological polar surface area (TPSA) is 44.5 Å². The second-order valence-electron chi connectivity index (χ2n) is 4.05. The van der Waals surface area contributed by atoms with E-state index in [1.165, 1.54) is 6.07 Å². The van der Waals surface area contributed by atoms with E-state index in [9.17, 15) is 8.78 Å². The normalized spacial score (nSPS) is 27.6. The summed E-state index contributed by atoms with van der Waals surface area (Å²) in [5.74, 6) is -1.30. The van der Waals surface area contributed by atoms with Crippen LogP contribution in [-0.4, -0.2) is 24.9 Å². The third-order valence-electron chi connectivity index (χ3n) is 2.82. The van der Waals surface area contributed by atoms with Crippen LogP contribution in [0.3, 0.4) is 0 Å². The van der Waals surface area contributed by atoms with Crippen molar-refractivity contribution in [3.63, 3.8) is 0 Å². The van der Waals surface area contributed by atoms with Crippen LogP contribution in [0.15, 0.2) is 18.2 Å². The number of ether oxygens (including phenoxy) is 2. The molecule has 1 aliphatic carbocycles. The average Bonchev–Trinajstić information content (AvgIpc) is 2.28. The Kier molecular flexibility index (Phi) is 3.59. The Bertz CT molecular complexity index is 400. The van der Waals surface area contributed by atoms with Crippen molar-refractivity contribution in [3.05, 3.63) is 29.8 Å². The molecule has 0 aliphatic heterocycles. The SMILES string of the molecule is CCOC1C(N)CC1Oc1ccc(F)cc1F. The van der Waals surface area contributed by atoms with E-state index in [0.717, 1.165) is 12.1 Å². The predicted molar refractivity (Wildman–Crippen MR) is 58.8 cm³/mol. The van der Waals surface area contributed by atoms with Crippen LogP contribution in [0.1, 0.15) is 13.3 Å². The highest BCUT2D eigenvalue weighted by Gasteiger charge is 2.41. The molecule has 1 aromatic rings. The van der Waals surface area contributed by atoms with Crippen LogP contribution in [-0.2, 0) is 4.74 Å². The third kappa shape index (κ3) is 2.56. The van der Waals surface area contributed by atoms with Crippen LogP contribution in [0.5, 0.6) is 5.75 Å². The van der Waals surface area contributed by atoms with E-state index in [0.29, 0.717) is 13.0 Å². The van der Waals surface area contributed by atoms with Gasteiger partial charge < -0.3 is 15.2 Å². The van der Waals surface area contributed by atoms with Gasteiger partial charge in [0.1, 0.15) is 18.0 Å². The van der Waals surface area contributed by atoms with Gasteiger partial charge in [-0.1, -0.05) is 0 Å². The van der Waals surface area contributed by atoms with Gasteiger partial charge in [-0.15, -0.1) is 0 Å². The lowest BCUT2D eigenvalue weighted by atomic mass is 9.86. The van der Waals surface area contributed by atoms with Gasteiger partial charge in [0, 0.05) is 25.1 Å². The standard InChI is InChI=1S/C12H15F2NO2/c1-2-16-12-9(15)6-11(12)17-10-4-3-7(13)5-8(10)14/h3-5,9,11-12H,2,6,15H2,1H3. The van der Waals surface area contributed by atoms with Crippen molar-refractivity contribution in [2.45, 2.75) is 31.6 Å². The van der Waals surface area contributed by atoms with Gasteiger partial charge in [-0.2, -0.15) is 0 Å². The van der Waals surface area contributed by atoms with Crippen molar-refractivity contribution >= 4 is 0 Å². The molecule has 3 nitrogen and oxygen atoms in total. The first-order valence-corrected chi connectivity index (χ1v) is 5.60. The summed E-state index contributed by atoms with van der Waals surface area (Å²) in [6.45, 7) is 2.39. The van der Waals surface area contributed by atoms with E-state index in [1.807, 2.05) is 6.92 Å². The number of benzene rings is 1. The summed E-state index contributed by atoms with van der Waals surface area (Å²) in [5, 5.41) is 0. The molecule has 0 heterocycles. The Morgan fingerprint density at radius 3 is 2.76 bits per heavy atom. The van der Waals surface area contributed by atoms with Crippen molar-refractivity contribution in [2.24, 2.45) is 5.73 Å². The number of rotatable bonds is 4. The average molecular weight is 243 g/mol. The maximum atomic E-state index is 13.3. The molecule has 0 bridgehead atoms. The van der Waals surface area contributed by atoms with Crippen LogP contribution in [0, 0.1) is 11.6 Å². The van der Waals surface area contributed by atoms with Crippen LogP contribution in [0.2, 0.25) is 0 Å². The fraction of sp³-hybridized carbons (Fsp3) is 0.500. The first-order valence-electron chi connectivity index (χ1n) is 5.60. The molecule has 0 spiro atoms.